The number of ether oxygens (including phenoxy) is 5. The normalized spacial score (nSPS) is 12.5. The van der Waals surface area contributed by atoms with Crippen molar-refractivity contribution in [3.8, 4) is 41.2 Å². The summed E-state index contributed by atoms with van der Waals surface area (Å²) in [6, 6.07) is 111. The Labute approximate surface area is 835 Å². The predicted octanol–water partition coefficient (Wildman–Crippen LogP) is 22.5. The van der Waals surface area contributed by atoms with Gasteiger partial charge in [0.2, 0.25) is 5.76 Å². The summed E-state index contributed by atoms with van der Waals surface area (Å²) in [7, 11) is 0. The van der Waals surface area contributed by atoms with Crippen molar-refractivity contribution in [2.75, 3.05) is 13.2 Å². The quantitative estimate of drug-likeness (QED) is 0.00485. The van der Waals surface area contributed by atoms with Crippen molar-refractivity contribution < 1.29 is 58.2 Å². The number of para-hydroxylation sites is 4. The third-order valence-corrected chi connectivity index (χ3v) is 27.0. The number of benzene rings is 12. The molecule has 1 aliphatic heterocycles. The van der Waals surface area contributed by atoms with Crippen molar-refractivity contribution in [1.82, 2.24) is 38.2 Å². The summed E-state index contributed by atoms with van der Waals surface area (Å²) >= 11 is 0. The molecule has 712 valence electrons. The van der Waals surface area contributed by atoms with E-state index in [4.69, 9.17) is 30.3 Å². The number of nitrogens with zero attached hydrogens (tertiary/aromatic N) is 8. The van der Waals surface area contributed by atoms with Gasteiger partial charge in [-0.2, -0.15) is 15.8 Å². The van der Waals surface area contributed by atoms with Crippen LogP contribution in [0.2, 0.25) is 0 Å². The monoisotopic (exact) mass is 1920 g/mol. The summed E-state index contributed by atoms with van der Waals surface area (Å²) in [5, 5.41) is 69.1. The highest BCUT2D eigenvalue weighted by Gasteiger charge is 2.24. The number of aromatic amines is 4. The maximum absolute atomic E-state index is 11.9. The van der Waals surface area contributed by atoms with Crippen LogP contribution >= 0.6 is 0 Å². The third-order valence-electron chi connectivity index (χ3n) is 27.0. The number of aromatic nitrogens is 8. The number of allylic oxidation sites excluding steroid dienone is 1. The van der Waals surface area contributed by atoms with Crippen molar-refractivity contribution in [2.45, 2.75) is 77.9 Å². The van der Waals surface area contributed by atoms with E-state index in [0.717, 1.165) is 257 Å². The topological polar surface area (TPSA) is 334 Å². The summed E-state index contributed by atoms with van der Waals surface area (Å²) in [6.07, 6.45) is 13.2. The average Bonchev–Trinajstić information content (AvgIpc) is 1.62. The van der Waals surface area contributed by atoms with Gasteiger partial charge in [-0.1, -0.05) is 171 Å². The molecule has 0 saturated heterocycles. The van der Waals surface area contributed by atoms with Crippen LogP contribution in [0, 0.1) is 40.6 Å². The molecule has 9 heterocycles. The first-order valence-electron chi connectivity index (χ1n) is 48.1. The molecule has 21 rings (SSSR count). The van der Waals surface area contributed by atoms with E-state index in [1.54, 1.807) is 30.3 Å². The Morgan fingerprint density at radius 1 is 0.315 bits per heavy atom. The van der Waals surface area contributed by atoms with Crippen molar-refractivity contribution in [2.24, 2.45) is 0 Å². The lowest BCUT2D eigenvalue weighted by molar-refractivity contribution is -0.133. The Kier molecular flexibility index (Phi) is 26.1. The second-order valence-corrected chi connectivity index (χ2v) is 35.9. The number of unbranched alkanes of at least 4 members (excludes halogenated alkanes) is 6. The lowest BCUT2D eigenvalue weighted by Gasteiger charge is -2.13. The van der Waals surface area contributed by atoms with Crippen molar-refractivity contribution >= 4 is 158 Å². The fourth-order valence-corrected chi connectivity index (χ4v) is 20.2. The van der Waals surface area contributed by atoms with Crippen LogP contribution in [-0.2, 0) is 50.5 Å². The summed E-state index contributed by atoms with van der Waals surface area (Å²) in [5.74, 6) is -1.25. The summed E-state index contributed by atoms with van der Waals surface area (Å²) in [6.45, 7) is 10.6. The second-order valence-electron chi connectivity index (χ2n) is 35.9. The largest absolute Gasteiger partial charge is 0.494 e. The maximum Gasteiger partial charge on any atom is 0.346 e. The van der Waals surface area contributed by atoms with Gasteiger partial charge in [-0.15, -0.1) is 0 Å². The summed E-state index contributed by atoms with van der Waals surface area (Å²) in [4.78, 5) is 65.8. The van der Waals surface area contributed by atoms with Gasteiger partial charge in [0.15, 0.2) is 13.5 Å². The molecule has 0 radical (unpaired) electrons. The highest BCUT2D eigenvalue weighted by Crippen LogP contribution is 2.39. The van der Waals surface area contributed by atoms with E-state index in [9.17, 15) is 50.3 Å². The lowest BCUT2D eigenvalue weighted by Crippen LogP contribution is -2.19. The zero-order valence-electron chi connectivity index (χ0n) is 78.9. The van der Waals surface area contributed by atoms with Crippen LogP contribution in [0.4, 0.5) is 0 Å². The summed E-state index contributed by atoms with van der Waals surface area (Å²) in [5.41, 5.74) is 19.8. The number of carboxylic acid groups (broad SMARTS) is 3. The van der Waals surface area contributed by atoms with Gasteiger partial charge in [0.05, 0.1) is 41.9 Å². The van der Waals surface area contributed by atoms with E-state index in [0.29, 0.717) is 41.4 Å². The molecule has 0 fully saturated rings. The van der Waals surface area contributed by atoms with Crippen LogP contribution in [0.25, 0.3) is 139 Å². The number of carbonyl (C=O) groups excluding carboxylic acids is 1. The molecule has 0 spiro atoms. The van der Waals surface area contributed by atoms with Gasteiger partial charge >= 0.3 is 17.9 Å². The standard InChI is InChI=1S/C122H92N12O12/c1-126-107(122(140)141)69-79-29-55-113-96(68-79)92-19-7-11-23-109(92)132(113)59-15-3-5-17-61-143-87-40-32-81(33-41-87)117-100-47-46-99(127-100)116(80-30-38-86(39-31-80)142-60-16-4-2-14-58-131-108-22-10-6-18-91(108)95-67-78(28-54-112(95)131)64-90(72-125)146-75-135)101-48-50-103(128-101)118(82-34-42-88(43-35-82)144-73-133-110-24-12-8-20-93(110)97-65-76(26-56-114(97)133)62-84(70-123)120(136)137)105-52-53-106(130-105)119(104-51-49-102(117)129-104)83-36-44-89(45-37-83)145-74-134-111-25-13-9-21-94(111)98-66-77(27-57-115(98)134)63-85(71-124)121(138)139/h6-13,18-57,62-69,75,127-130H,2-5,14-17,58-61,73-74H2,(H,136,137)(H,138,139)(H,140,141)/b84-62+,85-63-,90-64-,107-69+,116-99?,116-101?,117-100?,117-102?,118-103?,118-105?,119-104?,119-106?. The second kappa shape index (κ2) is 41.1. The third kappa shape index (κ3) is 18.8. The number of rotatable bonds is 35. The lowest BCUT2D eigenvalue weighted by atomic mass is 10.0. The van der Waals surface area contributed by atoms with Crippen LogP contribution in [0.15, 0.2) is 338 Å². The molecule has 0 aliphatic carbocycles. The Morgan fingerprint density at radius 2 is 0.616 bits per heavy atom. The van der Waals surface area contributed by atoms with Gasteiger partial charge in [-0.3, -0.25) is 9.59 Å². The number of carboxylic acids is 3. The van der Waals surface area contributed by atoms with Gasteiger partial charge in [-0.05, 0) is 264 Å². The van der Waals surface area contributed by atoms with E-state index >= 15 is 0 Å². The smallest absolute Gasteiger partial charge is 0.346 e. The molecular formula is C122H92N12O12. The predicted molar refractivity (Wildman–Crippen MR) is 566 cm³/mol. The molecule has 0 unspecified atom stereocenters. The van der Waals surface area contributed by atoms with Gasteiger partial charge in [0.25, 0.3) is 12.2 Å². The van der Waals surface area contributed by atoms with E-state index in [1.807, 2.05) is 182 Å². The fourth-order valence-electron chi connectivity index (χ4n) is 20.2. The molecule has 12 aromatic carbocycles. The van der Waals surface area contributed by atoms with Crippen LogP contribution in [0.3, 0.4) is 0 Å². The minimum Gasteiger partial charge on any atom is -0.494 e. The Balaban J connectivity index is 0.609. The molecule has 146 heavy (non-hydrogen) atoms. The van der Waals surface area contributed by atoms with Crippen molar-refractivity contribution in [3.05, 3.63) is 438 Å². The number of H-pyrrole nitrogens is 4. The SMILES string of the molecule is [C-]#[N+]/C(=C/c1ccc2c(c1)c1ccccc1n2CCCCCCOc1ccc(C2=c3ccc([nH]3)=C(c3ccc(OCCCCCCn4c5ccccc5c5cc(/C=C(/C#N)OC=O)ccc54)cc3)c3ccc([nH]3)C(c3ccc(OCn4c5ccccc5c5cc(/C=C(\C#N)C(=O)O)ccc54)cc3)=c3ccc([nH]3)=C(c3ccc(OCn4c5ccccc5c5cc(/C=C(/C#N)C(=O)O)ccc54)cc3)c3ccc2[nH]3)cc1)C(=O)O. The summed E-state index contributed by atoms with van der Waals surface area (Å²) < 4.78 is 40.3. The molecule has 24 heteroatoms. The number of aliphatic carboxylic acids is 3. The first kappa shape index (κ1) is 92.8. The molecule has 0 amide bonds. The van der Waals surface area contributed by atoms with Gasteiger partial charge in [0.1, 0.15) is 52.4 Å². The highest BCUT2D eigenvalue weighted by molar-refractivity contribution is 6.13. The average molecular weight is 1920 g/mol. The zero-order valence-corrected chi connectivity index (χ0v) is 78.9. The number of hydrogen-bond donors (Lipinski definition) is 7. The molecule has 8 aromatic heterocycles. The fraction of sp³-hybridized carbons (Fsp3) is 0.115. The van der Waals surface area contributed by atoms with E-state index in [2.05, 4.69) is 170 Å². The zero-order chi connectivity index (χ0) is 99.8. The van der Waals surface area contributed by atoms with E-state index in [1.165, 1.54) is 18.2 Å². The molecule has 0 atom stereocenters. The number of fused-ring (bicyclic) bond motifs is 20. The van der Waals surface area contributed by atoms with Crippen LogP contribution in [-0.4, -0.2) is 91.1 Å². The number of hydrogen-bond acceptors (Lipinski definition) is 12. The number of nitriles is 3. The van der Waals surface area contributed by atoms with Crippen LogP contribution in [0.5, 0.6) is 23.0 Å². The van der Waals surface area contributed by atoms with Gasteiger partial charge < -0.3 is 77.2 Å². The highest BCUT2D eigenvalue weighted by atomic mass is 16.5. The van der Waals surface area contributed by atoms with Gasteiger partial charge in [0, 0.05) is 145 Å². The van der Waals surface area contributed by atoms with Crippen LogP contribution in [0.1, 0.15) is 119 Å². The first-order valence-corrected chi connectivity index (χ1v) is 48.1. The van der Waals surface area contributed by atoms with Crippen molar-refractivity contribution in [3.63, 3.8) is 0 Å². The molecule has 0 saturated carbocycles. The molecule has 8 bridgehead atoms. The Bertz CT molecular complexity index is 8890. The molecular weight excluding hydrogens is 1830 g/mol. The minimum atomic E-state index is -1.30. The van der Waals surface area contributed by atoms with E-state index < -0.39 is 17.9 Å². The Hall–Kier alpha value is -19.6. The Morgan fingerprint density at radius 3 is 0.932 bits per heavy atom. The molecule has 7 N–H and O–H groups in total. The minimum absolute atomic E-state index is 0.0785. The van der Waals surface area contributed by atoms with Crippen LogP contribution < -0.4 is 40.3 Å². The van der Waals surface area contributed by atoms with E-state index in [-0.39, 0.29) is 42.5 Å². The maximum atomic E-state index is 11.9. The first-order chi connectivity index (χ1) is 71.6. The number of carbonyl (C=O) groups is 4. The molecule has 24 nitrogen and oxygen atoms in total. The molecule has 20 aromatic rings. The number of aryl methyl sites for hydroxylation is 2. The van der Waals surface area contributed by atoms with Gasteiger partial charge in [-0.25, -0.2) is 14.4 Å². The molecule has 1 aliphatic rings. The number of nitrogens with one attached hydrogen (secondary N) is 4. The van der Waals surface area contributed by atoms with Crippen molar-refractivity contribution in [1.29, 1.82) is 15.8 Å².